The van der Waals surface area contributed by atoms with Crippen molar-refractivity contribution in [1.82, 2.24) is 15.1 Å². The van der Waals surface area contributed by atoms with Crippen LogP contribution in [0.1, 0.15) is 31.2 Å². The molecule has 2 N–H and O–H groups in total. The number of carbonyl (C=O) groups excluding carboxylic acids is 2. The van der Waals surface area contributed by atoms with E-state index in [9.17, 15) is 14.4 Å². The average molecular weight is 373 g/mol. The van der Waals surface area contributed by atoms with Crippen LogP contribution in [0.15, 0.2) is 30.3 Å². The third kappa shape index (κ3) is 5.21. The molecule has 1 unspecified atom stereocenters. The second-order valence-electron chi connectivity index (χ2n) is 7.36. The van der Waals surface area contributed by atoms with Crippen LogP contribution in [-0.2, 0) is 16.0 Å². The zero-order chi connectivity index (χ0) is 19.2. The molecule has 2 fully saturated rings. The molecule has 7 heteroatoms. The number of rotatable bonds is 5. The summed E-state index contributed by atoms with van der Waals surface area (Å²) in [6, 6.07) is 9.77. The Hall–Kier alpha value is -2.57. The quantitative estimate of drug-likeness (QED) is 0.822. The molecule has 0 spiro atoms. The topological polar surface area (TPSA) is 89.9 Å². The number of hydrogen-bond donors (Lipinski definition) is 2. The minimum Gasteiger partial charge on any atom is -0.481 e. The van der Waals surface area contributed by atoms with Crippen molar-refractivity contribution in [2.24, 2.45) is 5.92 Å². The number of carbonyl (C=O) groups is 3. The minimum absolute atomic E-state index is 0.0321. The second kappa shape index (κ2) is 8.88. The van der Waals surface area contributed by atoms with E-state index in [0.29, 0.717) is 45.4 Å². The van der Waals surface area contributed by atoms with E-state index < -0.39 is 5.97 Å². The number of piperidine rings is 1. The predicted molar refractivity (Wildman–Crippen MR) is 100 cm³/mol. The normalized spacial score (nSPS) is 20.5. The first-order chi connectivity index (χ1) is 13.0. The summed E-state index contributed by atoms with van der Waals surface area (Å²) in [7, 11) is 0. The van der Waals surface area contributed by atoms with E-state index in [2.05, 4.69) is 5.32 Å². The van der Waals surface area contributed by atoms with E-state index in [1.807, 2.05) is 35.2 Å². The molecule has 3 amide bonds. The van der Waals surface area contributed by atoms with Gasteiger partial charge >= 0.3 is 12.0 Å². The van der Waals surface area contributed by atoms with Crippen molar-refractivity contribution < 1.29 is 19.5 Å². The van der Waals surface area contributed by atoms with Gasteiger partial charge in [0, 0.05) is 38.6 Å². The van der Waals surface area contributed by atoms with Gasteiger partial charge in [-0.05, 0) is 31.2 Å². The van der Waals surface area contributed by atoms with Crippen LogP contribution in [0.2, 0.25) is 0 Å². The predicted octanol–water partition coefficient (Wildman–Crippen LogP) is 1.73. The van der Waals surface area contributed by atoms with Crippen LogP contribution in [0.5, 0.6) is 0 Å². The van der Waals surface area contributed by atoms with Crippen molar-refractivity contribution in [2.45, 2.75) is 38.1 Å². The van der Waals surface area contributed by atoms with Crippen LogP contribution in [0, 0.1) is 5.92 Å². The third-order valence-electron chi connectivity index (χ3n) is 5.47. The van der Waals surface area contributed by atoms with Crippen molar-refractivity contribution >= 4 is 17.9 Å². The smallest absolute Gasteiger partial charge is 0.317 e. The number of benzene rings is 1. The first-order valence-electron chi connectivity index (χ1n) is 9.63. The van der Waals surface area contributed by atoms with Crippen LogP contribution < -0.4 is 5.32 Å². The van der Waals surface area contributed by atoms with Crippen LogP contribution in [-0.4, -0.2) is 65.0 Å². The lowest BCUT2D eigenvalue weighted by Gasteiger charge is -2.31. The molecule has 0 radical (unpaired) electrons. The maximum atomic E-state index is 12.4. The molecule has 2 aliphatic rings. The number of hydrogen-bond acceptors (Lipinski definition) is 3. The van der Waals surface area contributed by atoms with Gasteiger partial charge in [-0.3, -0.25) is 9.59 Å². The van der Waals surface area contributed by atoms with Gasteiger partial charge in [-0.15, -0.1) is 0 Å². The standard InChI is InChI=1S/C20H27N3O4/c24-18(7-6-15-4-2-1-3-5-15)23-13-10-17(14-23)21-20(27)22-11-8-16(9-12-22)19(25)26/h1-5,16-17H,6-14H2,(H,21,27)(H,25,26). The number of carboxylic acids is 1. The molecule has 2 saturated heterocycles. The lowest BCUT2D eigenvalue weighted by Crippen LogP contribution is -2.49. The van der Waals surface area contributed by atoms with Gasteiger partial charge in [0.25, 0.3) is 0 Å². The van der Waals surface area contributed by atoms with Gasteiger partial charge in [0.1, 0.15) is 0 Å². The minimum atomic E-state index is -0.782. The Bertz CT molecular complexity index is 671. The van der Waals surface area contributed by atoms with Gasteiger partial charge in [-0.25, -0.2) is 4.79 Å². The summed E-state index contributed by atoms with van der Waals surface area (Å²) >= 11 is 0. The van der Waals surface area contributed by atoms with Gasteiger partial charge in [-0.1, -0.05) is 30.3 Å². The summed E-state index contributed by atoms with van der Waals surface area (Å²) < 4.78 is 0. The fraction of sp³-hybridized carbons (Fsp3) is 0.550. The average Bonchev–Trinajstić information content (AvgIpc) is 3.15. The van der Waals surface area contributed by atoms with Crippen LogP contribution in [0.25, 0.3) is 0 Å². The van der Waals surface area contributed by atoms with Crippen molar-refractivity contribution in [3.8, 4) is 0 Å². The number of nitrogens with zero attached hydrogens (tertiary/aromatic N) is 2. The highest BCUT2D eigenvalue weighted by Crippen LogP contribution is 2.18. The summed E-state index contributed by atoms with van der Waals surface area (Å²) in [6.45, 7) is 2.15. The van der Waals surface area contributed by atoms with E-state index in [0.717, 1.165) is 18.4 Å². The molecule has 0 saturated carbocycles. The highest BCUT2D eigenvalue weighted by Gasteiger charge is 2.31. The molecule has 27 heavy (non-hydrogen) atoms. The number of urea groups is 1. The zero-order valence-electron chi connectivity index (χ0n) is 15.5. The number of aryl methyl sites for hydroxylation is 1. The molecule has 2 aliphatic heterocycles. The number of amides is 3. The first kappa shape index (κ1) is 19.2. The number of carboxylic acid groups (broad SMARTS) is 1. The molecular weight excluding hydrogens is 346 g/mol. The highest BCUT2D eigenvalue weighted by atomic mass is 16.4. The monoisotopic (exact) mass is 373 g/mol. The highest BCUT2D eigenvalue weighted by molar-refractivity contribution is 5.78. The van der Waals surface area contributed by atoms with Crippen LogP contribution >= 0.6 is 0 Å². The largest absolute Gasteiger partial charge is 0.481 e. The molecule has 1 atom stereocenters. The molecular formula is C20H27N3O4. The summed E-state index contributed by atoms with van der Waals surface area (Å²) in [6.07, 6.45) is 2.96. The van der Waals surface area contributed by atoms with Crippen molar-refractivity contribution in [2.75, 3.05) is 26.2 Å². The Morgan fingerprint density at radius 1 is 1.00 bits per heavy atom. The first-order valence-corrected chi connectivity index (χ1v) is 9.63. The molecule has 3 rings (SSSR count). The molecule has 0 bridgehead atoms. The third-order valence-corrected chi connectivity index (χ3v) is 5.47. The Kier molecular flexibility index (Phi) is 6.32. The number of likely N-dealkylation sites (tertiary alicyclic amines) is 2. The Morgan fingerprint density at radius 3 is 2.33 bits per heavy atom. The van der Waals surface area contributed by atoms with Gasteiger partial charge < -0.3 is 20.2 Å². The molecule has 7 nitrogen and oxygen atoms in total. The molecule has 2 heterocycles. The molecule has 0 aromatic heterocycles. The Balaban J connectivity index is 1.39. The molecule has 1 aromatic rings. The van der Waals surface area contributed by atoms with Gasteiger partial charge in [0.15, 0.2) is 0 Å². The molecule has 146 valence electrons. The van der Waals surface area contributed by atoms with Crippen molar-refractivity contribution in [1.29, 1.82) is 0 Å². The number of nitrogens with one attached hydrogen (secondary N) is 1. The van der Waals surface area contributed by atoms with E-state index in [1.165, 1.54) is 0 Å². The zero-order valence-corrected chi connectivity index (χ0v) is 15.5. The Labute approximate surface area is 159 Å². The summed E-state index contributed by atoms with van der Waals surface area (Å²) in [5.41, 5.74) is 1.15. The summed E-state index contributed by atoms with van der Waals surface area (Å²) in [4.78, 5) is 39.3. The summed E-state index contributed by atoms with van der Waals surface area (Å²) in [5, 5.41) is 12.0. The maximum Gasteiger partial charge on any atom is 0.317 e. The van der Waals surface area contributed by atoms with E-state index in [1.54, 1.807) is 4.90 Å². The fourth-order valence-corrected chi connectivity index (χ4v) is 3.75. The van der Waals surface area contributed by atoms with Crippen molar-refractivity contribution in [3.63, 3.8) is 0 Å². The SMILES string of the molecule is O=C(O)C1CCN(C(=O)NC2CCN(C(=O)CCc3ccccc3)C2)CC1. The molecule has 0 aliphatic carbocycles. The van der Waals surface area contributed by atoms with Gasteiger partial charge in [0.05, 0.1) is 5.92 Å². The van der Waals surface area contributed by atoms with Gasteiger partial charge in [-0.2, -0.15) is 0 Å². The Morgan fingerprint density at radius 2 is 1.67 bits per heavy atom. The van der Waals surface area contributed by atoms with Crippen LogP contribution in [0.3, 0.4) is 0 Å². The van der Waals surface area contributed by atoms with E-state index in [-0.39, 0.29) is 23.9 Å². The fourth-order valence-electron chi connectivity index (χ4n) is 3.75. The summed E-state index contributed by atoms with van der Waals surface area (Å²) in [5.74, 6) is -1.01. The lowest BCUT2D eigenvalue weighted by molar-refractivity contribution is -0.143. The van der Waals surface area contributed by atoms with Crippen LogP contribution in [0.4, 0.5) is 4.79 Å². The second-order valence-corrected chi connectivity index (χ2v) is 7.36. The maximum absolute atomic E-state index is 12.4. The van der Waals surface area contributed by atoms with Crippen molar-refractivity contribution in [3.05, 3.63) is 35.9 Å². The van der Waals surface area contributed by atoms with E-state index >= 15 is 0 Å². The van der Waals surface area contributed by atoms with Gasteiger partial charge in [0.2, 0.25) is 5.91 Å². The number of aliphatic carboxylic acids is 1. The molecule has 1 aromatic carbocycles. The lowest BCUT2D eigenvalue weighted by atomic mass is 9.97. The van der Waals surface area contributed by atoms with E-state index in [4.69, 9.17) is 5.11 Å².